The molecule has 3 aromatic rings. The van der Waals surface area contributed by atoms with E-state index >= 15 is 0 Å². The SMILES string of the molecule is Cc1ccc(CN(Cc2ccccc2)C(=O)CN(C(=O)Nc2ccccc2F)C2CC2)s1. The summed E-state index contributed by atoms with van der Waals surface area (Å²) in [4.78, 5) is 31.9. The van der Waals surface area contributed by atoms with E-state index in [9.17, 15) is 14.0 Å². The highest BCUT2D eigenvalue weighted by Gasteiger charge is 2.35. The average molecular weight is 452 g/mol. The molecule has 0 radical (unpaired) electrons. The van der Waals surface area contributed by atoms with Gasteiger partial charge in [0.15, 0.2) is 0 Å². The molecule has 0 aliphatic heterocycles. The van der Waals surface area contributed by atoms with Crippen molar-refractivity contribution in [3.8, 4) is 0 Å². The summed E-state index contributed by atoms with van der Waals surface area (Å²) in [7, 11) is 0. The van der Waals surface area contributed by atoms with Gasteiger partial charge in [0.05, 0.1) is 12.2 Å². The van der Waals surface area contributed by atoms with Crippen molar-refractivity contribution in [3.05, 3.63) is 87.9 Å². The summed E-state index contributed by atoms with van der Waals surface area (Å²) in [5.41, 5.74) is 1.15. The number of benzene rings is 2. The molecule has 1 aliphatic rings. The molecule has 7 heteroatoms. The number of hydrogen-bond acceptors (Lipinski definition) is 3. The Balaban J connectivity index is 1.49. The van der Waals surface area contributed by atoms with Crippen molar-refractivity contribution in [1.82, 2.24) is 9.80 Å². The van der Waals surface area contributed by atoms with Crippen LogP contribution in [-0.4, -0.2) is 34.3 Å². The molecular weight excluding hydrogens is 425 g/mol. The molecule has 1 N–H and O–H groups in total. The zero-order valence-corrected chi connectivity index (χ0v) is 18.8. The number of carbonyl (C=O) groups is 2. The number of carbonyl (C=O) groups excluding carboxylic acids is 2. The van der Waals surface area contributed by atoms with Crippen molar-refractivity contribution in [2.75, 3.05) is 11.9 Å². The van der Waals surface area contributed by atoms with Crippen LogP contribution in [0.1, 0.15) is 28.2 Å². The third kappa shape index (κ3) is 5.73. The fourth-order valence-corrected chi connectivity index (χ4v) is 4.45. The van der Waals surface area contributed by atoms with Gasteiger partial charge in [-0.3, -0.25) is 4.79 Å². The molecule has 32 heavy (non-hydrogen) atoms. The van der Waals surface area contributed by atoms with Crippen LogP contribution in [-0.2, 0) is 17.9 Å². The van der Waals surface area contributed by atoms with Crippen LogP contribution in [0, 0.1) is 12.7 Å². The van der Waals surface area contributed by atoms with Gasteiger partial charge in [-0.15, -0.1) is 11.3 Å². The van der Waals surface area contributed by atoms with Gasteiger partial charge < -0.3 is 15.1 Å². The first-order valence-electron chi connectivity index (χ1n) is 10.7. The molecule has 1 heterocycles. The monoisotopic (exact) mass is 451 g/mol. The van der Waals surface area contributed by atoms with Crippen molar-refractivity contribution >= 4 is 29.0 Å². The number of hydrogen-bond donors (Lipinski definition) is 1. The zero-order valence-electron chi connectivity index (χ0n) is 18.0. The molecule has 0 saturated heterocycles. The van der Waals surface area contributed by atoms with Crippen LogP contribution in [0.25, 0.3) is 0 Å². The van der Waals surface area contributed by atoms with E-state index in [1.165, 1.54) is 21.9 Å². The van der Waals surface area contributed by atoms with Crippen LogP contribution in [0.15, 0.2) is 66.7 Å². The molecule has 1 aromatic heterocycles. The van der Waals surface area contributed by atoms with Crippen LogP contribution in [0.2, 0.25) is 0 Å². The molecule has 2 aromatic carbocycles. The van der Waals surface area contributed by atoms with Gasteiger partial charge in [-0.25, -0.2) is 9.18 Å². The second-order valence-electron chi connectivity index (χ2n) is 8.02. The van der Waals surface area contributed by atoms with Gasteiger partial charge in [0, 0.05) is 22.3 Å². The number of amides is 3. The lowest BCUT2D eigenvalue weighted by Crippen LogP contribution is -2.45. The highest BCUT2D eigenvalue weighted by Crippen LogP contribution is 2.28. The van der Waals surface area contributed by atoms with E-state index in [0.29, 0.717) is 13.1 Å². The molecule has 1 saturated carbocycles. The summed E-state index contributed by atoms with van der Waals surface area (Å²) in [6.07, 6.45) is 1.70. The Bertz CT molecular complexity index is 1080. The van der Waals surface area contributed by atoms with Gasteiger partial charge in [0.1, 0.15) is 12.4 Å². The van der Waals surface area contributed by atoms with E-state index in [1.807, 2.05) is 49.4 Å². The largest absolute Gasteiger partial charge is 0.332 e. The highest BCUT2D eigenvalue weighted by molar-refractivity contribution is 7.11. The average Bonchev–Trinajstić information content (AvgIpc) is 3.55. The van der Waals surface area contributed by atoms with Gasteiger partial charge in [-0.05, 0) is 49.6 Å². The van der Waals surface area contributed by atoms with E-state index in [4.69, 9.17) is 0 Å². The van der Waals surface area contributed by atoms with Crippen LogP contribution in [0.3, 0.4) is 0 Å². The maximum absolute atomic E-state index is 14.0. The molecule has 4 rings (SSSR count). The number of nitrogens with zero attached hydrogens (tertiary/aromatic N) is 2. The lowest BCUT2D eigenvalue weighted by atomic mass is 10.2. The second kappa shape index (κ2) is 9.96. The molecule has 3 amide bonds. The fourth-order valence-electron chi connectivity index (χ4n) is 3.54. The Hall–Kier alpha value is -3.19. The van der Waals surface area contributed by atoms with Crippen LogP contribution in [0.5, 0.6) is 0 Å². The smallest absolute Gasteiger partial charge is 0.322 e. The summed E-state index contributed by atoms with van der Waals surface area (Å²) in [5, 5.41) is 2.62. The van der Waals surface area contributed by atoms with E-state index in [1.54, 1.807) is 28.4 Å². The lowest BCUT2D eigenvalue weighted by Gasteiger charge is -2.28. The summed E-state index contributed by atoms with van der Waals surface area (Å²) in [6.45, 7) is 2.95. The molecule has 1 aliphatic carbocycles. The van der Waals surface area contributed by atoms with Gasteiger partial charge >= 0.3 is 6.03 Å². The van der Waals surface area contributed by atoms with E-state index in [-0.39, 0.29) is 24.2 Å². The Morgan fingerprint density at radius 1 is 1.00 bits per heavy atom. The van der Waals surface area contributed by atoms with Crippen molar-refractivity contribution in [2.45, 2.75) is 38.9 Å². The number of aryl methyl sites for hydroxylation is 1. The molecule has 5 nitrogen and oxygen atoms in total. The second-order valence-corrected chi connectivity index (χ2v) is 9.39. The Kier molecular flexibility index (Phi) is 6.85. The summed E-state index contributed by atoms with van der Waals surface area (Å²) in [6, 6.07) is 19.5. The van der Waals surface area contributed by atoms with Gasteiger partial charge in [0.2, 0.25) is 5.91 Å². The summed E-state index contributed by atoms with van der Waals surface area (Å²) < 4.78 is 14.0. The molecule has 0 atom stereocenters. The van der Waals surface area contributed by atoms with Gasteiger partial charge in [-0.1, -0.05) is 42.5 Å². The van der Waals surface area contributed by atoms with E-state index < -0.39 is 11.8 Å². The number of urea groups is 1. The van der Waals surface area contributed by atoms with E-state index in [2.05, 4.69) is 5.32 Å². The number of halogens is 1. The zero-order chi connectivity index (χ0) is 22.5. The molecule has 0 bridgehead atoms. The Labute approximate surface area is 191 Å². The molecular formula is C25H26FN3O2S. The molecule has 166 valence electrons. The molecule has 0 spiro atoms. The number of para-hydroxylation sites is 1. The Morgan fingerprint density at radius 3 is 2.38 bits per heavy atom. The van der Waals surface area contributed by atoms with Crippen LogP contribution in [0.4, 0.5) is 14.9 Å². The van der Waals surface area contributed by atoms with Gasteiger partial charge in [-0.2, -0.15) is 0 Å². The Morgan fingerprint density at radius 2 is 1.72 bits per heavy atom. The van der Waals surface area contributed by atoms with Crippen molar-refractivity contribution in [2.24, 2.45) is 0 Å². The minimum absolute atomic E-state index is 0.00767. The highest BCUT2D eigenvalue weighted by atomic mass is 32.1. The number of thiophene rings is 1. The predicted octanol–water partition coefficient (Wildman–Crippen LogP) is 5.42. The van der Waals surface area contributed by atoms with Crippen molar-refractivity contribution in [1.29, 1.82) is 0 Å². The first-order chi connectivity index (χ1) is 15.5. The summed E-state index contributed by atoms with van der Waals surface area (Å²) >= 11 is 1.66. The fraction of sp³-hybridized carbons (Fsp3) is 0.280. The van der Waals surface area contributed by atoms with Crippen LogP contribution >= 0.6 is 11.3 Å². The minimum Gasteiger partial charge on any atom is -0.332 e. The predicted molar refractivity (Wildman–Crippen MR) is 125 cm³/mol. The summed E-state index contributed by atoms with van der Waals surface area (Å²) in [5.74, 6) is -0.628. The first-order valence-corrected chi connectivity index (χ1v) is 11.5. The lowest BCUT2D eigenvalue weighted by molar-refractivity contribution is -0.133. The van der Waals surface area contributed by atoms with Crippen molar-refractivity contribution < 1.29 is 14.0 Å². The standard InChI is InChI=1S/C25H26FN3O2S/c1-18-11-14-21(32-18)16-28(15-19-7-3-2-4-8-19)24(30)17-29(20-12-13-20)25(31)27-23-10-6-5-9-22(23)26/h2-11,14,20H,12-13,15-17H2,1H3,(H,27,31). The third-order valence-corrected chi connectivity index (χ3v) is 6.37. The van der Waals surface area contributed by atoms with Crippen molar-refractivity contribution in [3.63, 3.8) is 0 Å². The number of nitrogens with one attached hydrogen (secondary N) is 1. The number of anilines is 1. The first kappa shape index (κ1) is 22.0. The van der Waals surface area contributed by atoms with E-state index in [0.717, 1.165) is 23.3 Å². The van der Waals surface area contributed by atoms with Gasteiger partial charge in [0.25, 0.3) is 0 Å². The maximum Gasteiger partial charge on any atom is 0.322 e. The third-order valence-electron chi connectivity index (χ3n) is 5.38. The maximum atomic E-state index is 14.0. The van der Waals surface area contributed by atoms with Crippen LogP contribution < -0.4 is 5.32 Å². The molecule has 0 unspecified atom stereocenters. The molecule has 1 fully saturated rings. The normalized spacial score (nSPS) is 12.9. The minimum atomic E-state index is -0.498. The number of rotatable bonds is 8. The topological polar surface area (TPSA) is 52.7 Å². The quantitative estimate of drug-likeness (QED) is 0.497.